The van der Waals surface area contributed by atoms with E-state index in [-0.39, 0.29) is 30.2 Å². The van der Waals surface area contributed by atoms with E-state index in [1.807, 2.05) is 0 Å². The van der Waals surface area contributed by atoms with Crippen molar-refractivity contribution < 1.29 is 23.0 Å². The van der Waals surface area contributed by atoms with Crippen LogP contribution < -0.4 is 15.0 Å². The molecule has 2 aliphatic heterocycles. The first kappa shape index (κ1) is 17.9. The molecule has 0 aromatic heterocycles. The number of methoxy groups -OCH3 is 1. The van der Waals surface area contributed by atoms with Crippen LogP contribution in [0.4, 0.5) is 14.5 Å². The molecule has 1 amide bonds. The minimum atomic E-state index is -0.541. The highest BCUT2D eigenvalue weighted by atomic mass is 19.1. The molecule has 0 spiro atoms. The molecule has 2 fully saturated rings. The molecule has 1 N–H and O–H groups in total. The van der Waals surface area contributed by atoms with Gasteiger partial charge in [-0.15, -0.1) is 0 Å². The molecule has 142 valence electrons. The van der Waals surface area contributed by atoms with Gasteiger partial charge in [-0.3, -0.25) is 4.79 Å². The van der Waals surface area contributed by atoms with Crippen LogP contribution in [0.5, 0.6) is 5.75 Å². The molecule has 0 bridgehead atoms. The van der Waals surface area contributed by atoms with E-state index in [1.165, 1.54) is 37.4 Å². The number of carbonyl (C=O) groups is 1. The molecule has 0 aliphatic carbocycles. The molecule has 7 heteroatoms. The number of anilines is 1. The molecule has 2 atom stereocenters. The van der Waals surface area contributed by atoms with Crippen LogP contribution >= 0.6 is 0 Å². The second-order valence-electron chi connectivity index (χ2n) is 6.69. The summed E-state index contributed by atoms with van der Waals surface area (Å²) in [5.74, 6) is -0.852. The third kappa shape index (κ3) is 3.28. The van der Waals surface area contributed by atoms with Gasteiger partial charge >= 0.3 is 0 Å². The van der Waals surface area contributed by atoms with Crippen LogP contribution in [0.15, 0.2) is 36.4 Å². The van der Waals surface area contributed by atoms with Crippen molar-refractivity contribution in [2.75, 3.05) is 31.7 Å². The molecule has 2 saturated heterocycles. The minimum Gasteiger partial charge on any atom is -0.495 e. The standard InChI is InChI=1S/C20H20F2N2O3/c1-26-18-8-14(12-3-2-4-13(21)7-12)15(22)9-17(18)24-16-5-6-23-10-19(16)27-11-20(24)25/h2-4,7-9,16,19,23H,5-6,10-11H2,1H3/t16-,19-/m0/s1. The number of amides is 1. The highest BCUT2D eigenvalue weighted by molar-refractivity contribution is 5.97. The number of benzene rings is 2. The summed E-state index contributed by atoms with van der Waals surface area (Å²) < 4.78 is 39.6. The van der Waals surface area contributed by atoms with E-state index in [2.05, 4.69) is 5.32 Å². The number of ether oxygens (including phenoxy) is 2. The van der Waals surface area contributed by atoms with Gasteiger partial charge in [0.15, 0.2) is 0 Å². The second-order valence-corrected chi connectivity index (χ2v) is 6.69. The summed E-state index contributed by atoms with van der Waals surface area (Å²) in [6, 6.07) is 8.34. The third-order valence-corrected chi connectivity index (χ3v) is 5.08. The first-order valence-corrected chi connectivity index (χ1v) is 8.86. The van der Waals surface area contributed by atoms with Gasteiger partial charge < -0.3 is 19.7 Å². The number of morpholine rings is 1. The lowest BCUT2D eigenvalue weighted by Gasteiger charge is -2.44. The maximum atomic E-state index is 14.9. The van der Waals surface area contributed by atoms with Gasteiger partial charge in [0.25, 0.3) is 5.91 Å². The zero-order chi connectivity index (χ0) is 19.0. The number of hydrogen-bond acceptors (Lipinski definition) is 4. The second kappa shape index (κ2) is 7.25. The zero-order valence-electron chi connectivity index (χ0n) is 14.9. The first-order valence-electron chi connectivity index (χ1n) is 8.86. The molecule has 5 nitrogen and oxygen atoms in total. The van der Waals surface area contributed by atoms with E-state index < -0.39 is 11.6 Å². The third-order valence-electron chi connectivity index (χ3n) is 5.08. The molecule has 0 radical (unpaired) electrons. The SMILES string of the molecule is COc1cc(-c2cccc(F)c2)c(F)cc1N1C(=O)CO[C@H]2CNCC[C@@H]21. The van der Waals surface area contributed by atoms with Gasteiger partial charge in [-0.1, -0.05) is 12.1 Å². The summed E-state index contributed by atoms with van der Waals surface area (Å²) in [5.41, 5.74) is 1.00. The average Bonchev–Trinajstić information content (AvgIpc) is 2.68. The Bertz CT molecular complexity index is 874. The van der Waals surface area contributed by atoms with Gasteiger partial charge in [0.1, 0.15) is 24.0 Å². The number of piperidine rings is 1. The van der Waals surface area contributed by atoms with Gasteiger partial charge in [0, 0.05) is 18.2 Å². The first-order chi connectivity index (χ1) is 13.1. The highest BCUT2D eigenvalue weighted by Gasteiger charge is 2.40. The molecular weight excluding hydrogens is 354 g/mol. The Morgan fingerprint density at radius 3 is 2.89 bits per heavy atom. The van der Waals surface area contributed by atoms with Crippen molar-refractivity contribution in [1.29, 1.82) is 0 Å². The van der Waals surface area contributed by atoms with Crippen LogP contribution in [-0.4, -0.2) is 44.9 Å². The molecule has 0 saturated carbocycles. The van der Waals surface area contributed by atoms with Crippen molar-refractivity contribution in [1.82, 2.24) is 5.32 Å². The molecular formula is C20H20F2N2O3. The number of fused-ring (bicyclic) bond motifs is 1. The molecule has 0 unspecified atom stereocenters. The van der Waals surface area contributed by atoms with Crippen LogP contribution in [0, 0.1) is 11.6 Å². The lowest BCUT2D eigenvalue weighted by Crippen LogP contribution is -2.61. The van der Waals surface area contributed by atoms with Crippen molar-refractivity contribution >= 4 is 11.6 Å². The molecule has 2 heterocycles. The fraction of sp³-hybridized carbons (Fsp3) is 0.350. The van der Waals surface area contributed by atoms with Gasteiger partial charge in [-0.25, -0.2) is 8.78 Å². The van der Waals surface area contributed by atoms with E-state index >= 15 is 0 Å². The van der Waals surface area contributed by atoms with Crippen LogP contribution in [0.25, 0.3) is 11.1 Å². The lowest BCUT2D eigenvalue weighted by molar-refractivity contribution is -0.133. The van der Waals surface area contributed by atoms with Crippen molar-refractivity contribution in [2.24, 2.45) is 0 Å². The largest absolute Gasteiger partial charge is 0.495 e. The predicted octanol–water partition coefficient (Wildman–Crippen LogP) is 2.73. The zero-order valence-corrected chi connectivity index (χ0v) is 14.9. The fourth-order valence-electron chi connectivity index (χ4n) is 3.80. The Hall–Kier alpha value is -2.51. The molecule has 4 rings (SSSR count). The van der Waals surface area contributed by atoms with E-state index in [9.17, 15) is 13.6 Å². The van der Waals surface area contributed by atoms with Gasteiger partial charge in [-0.2, -0.15) is 0 Å². The monoisotopic (exact) mass is 374 g/mol. The average molecular weight is 374 g/mol. The number of carbonyl (C=O) groups excluding carboxylic acids is 1. The van der Waals surface area contributed by atoms with Crippen LogP contribution in [0.1, 0.15) is 6.42 Å². The summed E-state index contributed by atoms with van der Waals surface area (Å²) in [7, 11) is 1.47. The summed E-state index contributed by atoms with van der Waals surface area (Å²) in [4.78, 5) is 14.2. The summed E-state index contributed by atoms with van der Waals surface area (Å²) in [6.45, 7) is 1.33. The number of rotatable bonds is 3. The summed E-state index contributed by atoms with van der Waals surface area (Å²) in [6.07, 6.45) is 0.555. The molecule has 2 aliphatic rings. The Morgan fingerprint density at radius 2 is 2.11 bits per heavy atom. The number of nitrogens with one attached hydrogen (secondary N) is 1. The molecule has 2 aromatic rings. The highest BCUT2D eigenvalue weighted by Crippen LogP contribution is 2.39. The number of hydrogen-bond donors (Lipinski definition) is 1. The van der Waals surface area contributed by atoms with Crippen molar-refractivity contribution in [3.05, 3.63) is 48.0 Å². The maximum absolute atomic E-state index is 14.9. The van der Waals surface area contributed by atoms with Crippen molar-refractivity contribution in [2.45, 2.75) is 18.6 Å². The van der Waals surface area contributed by atoms with Crippen LogP contribution in [-0.2, 0) is 9.53 Å². The Balaban J connectivity index is 1.78. The Labute approximate surface area is 155 Å². The molecule has 2 aromatic carbocycles. The maximum Gasteiger partial charge on any atom is 0.253 e. The van der Waals surface area contributed by atoms with Crippen LogP contribution in [0.3, 0.4) is 0 Å². The quantitative estimate of drug-likeness (QED) is 0.898. The van der Waals surface area contributed by atoms with Crippen molar-refractivity contribution in [3.63, 3.8) is 0 Å². The smallest absolute Gasteiger partial charge is 0.253 e. The fourth-order valence-corrected chi connectivity index (χ4v) is 3.80. The topological polar surface area (TPSA) is 50.8 Å². The van der Waals surface area contributed by atoms with Crippen LogP contribution in [0.2, 0.25) is 0 Å². The normalized spacial score (nSPS) is 22.5. The van der Waals surface area contributed by atoms with Gasteiger partial charge in [-0.05, 0) is 36.7 Å². The summed E-state index contributed by atoms with van der Waals surface area (Å²) in [5, 5.41) is 3.24. The Kier molecular flexibility index (Phi) is 4.80. The molecule has 27 heavy (non-hydrogen) atoms. The van der Waals surface area contributed by atoms with E-state index in [1.54, 1.807) is 11.0 Å². The number of halogens is 2. The Morgan fingerprint density at radius 1 is 1.26 bits per heavy atom. The van der Waals surface area contributed by atoms with E-state index in [0.29, 0.717) is 30.0 Å². The van der Waals surface area contributed by atoms with Crippen molar-refractivity contribution in [3.8, 4) is 16.9 Å². The summed E-state index contributed by atoms with van der Waals surface area (Å²) >= 11 is 0. The minimum absolute atomic E-state index is 0.0563. The lowest BCUT2D eigenvalue weighted by atomic mass is 9.97. The van der Waals surface area contributed by atoms with Gasteiger partial charge in [0.05, 0.1) is 24.9 Å². The number of nitrogens with zero attached hydrogens (tertiary/aromatic N) is 1. The van der Waals surface area contributed by atoms with E-state index in [0.717, 1.165) is 6.54 Å². The predicted molar refractivity (Wildman–Crippen MR) is 96.8 cm³/mol. The van der Waals surface area contributed by atoms with E-state index in [4.69, 9.17) is 9.47 Å². The van der Waals surface area contributed by atoms with Gasteiger partial charge in [0.2, 0.25) is 0 Å².